The van der Waals surface area contributed by atoms with Crippen molar-refractivity contribution in [2.24, 2.45) is 4.99 Å². The molecular formula is C20H28N4O2S. The third-order valence-corrected chi connectivity index (χ3v) is 6.16. The molecule has 0 aliphatic carbocycles. The van der Waals surface area contributed by atoms with E-state index in [2.05, 4.69) is 34.7 Å². The van der Waals surface area contributed by atoms with Gasteiger partial charge in [0.15, 0.2) is 5.96 Å². The molecule has 0 amide bonds. The van der Waals surface area contributed by atoms with Crippen LogP contribution in [0.25, 0.3) is 0 Å². The first-order valence-corrected chi connectivity index (χ1v) is 10.3. The quantitative estimate of drug-likeness (QED) is 0.564. The van der Waals surface area contributed by atoms with Gasteiger partial charge in [-0.05, 0) is 29.2 Å². The average Bonchev–Trinajstić information content (AvgIpc) is 2.68. The predicted octanol–water partition coefficient (Wildman–Crippen LogP) is 2.41. The van der Waals surface area contributed by atoms with Crippen LogP contribution in [0.2, 0.25) is 0 Å². The molecule has 0 spiro atoms. The second-order valence-electron chi connectivity index (χ2n) is 6.55. The van der Waals surface area contributed by atoms with Crippen LogP contribution < -0.4 is 10.6 Å². The van der Waals surface area contributed by atoms with Crippen molar-refractivity contribution in [2.45, 2.75) is 24.3 Å². The Morgan fingerprint density at radius 3 is 2.22 bits per heavy atom. The lowest BCUT2D eigenvalue weighted by Gasteiger charge is -2.16. The molecule has 1 atom stereocenters. The van der Waals surface area contributed by atoms with Crippen molar-refractivity contribution in [1.29, 1.82) is 0 Å². The Balaban J connectivity index is 1.89. The number of aliphatic imine (C=N–C) groups is 1. The van der Waals surface area contributed by atoms with Gasteiger partial charge in [-0.1, -0.05) is 49.4 Å². The molecule has 0 radical (unpaired) electrons. The number of hydrogen-bond acceptors (Lipinski definition) is 3. The first-order valence-electron chi connectivity index (χ1n) is 8.85. The largest absolute Gasteiger partial charge is 0.356 e. The molecule has 0 fully saturated rings. The highest BCUT2D eigenvalue weighted by molar-refractivity contribution is 7.89. The minimum Gasteiger partial charge on any atom is -0.356 e. The monoisotopic (exact) mass is 388 g/mol. The Labute approximate surface area is 162 Å². The van der Waals surface area contributed by atoms with Crippen LogP contribution >= 0.6 is 0 Å². The van der Waals surface area contributed by atoms with E-state index in [1.54, 1.807) is 19.2 Å². The first-order chi connectivity index (χ1) is 12.8. The van der Waals surface area contributed by atoms with Crippen LogP contribution in [-0.4, -0.2) is 46.4 Å². The van der Waals surface area contributed by atoms with Crippen LogP contribution in [0.1, 0.15) is 24.0 Å². The SMILES string of the molecule is CN=C(NCc1ccc(S(=O)(=O)N(C)C)cc1)NCC(C)c1ccccc1. The van der Waals surface area contributed by atoms with Gasteiger partial charge in [-0.25, -0.2) is 12.7 Å². The van der Waals surface area contributed by atoms with Crippen molar-refractivity contribution >= 4 is 16.0 Å². The summed E-state index contributed by atoms with van der Waals surface area (Å²) in [5, 5.41) is 6.58. The Bertz CT molecular complexity index is 847. The Hall–Kier alpha value is -2.38. The molecule has 2 rings (SSSR count). The molecule has 2 N–H and O–H groups in total. The molecule has 0 saturated heterocycles. The summed E-state index contributed by atoms with van der Waals surface area (Å²) < 4.78 is 25.4. The van der Waals surface area contributed by atoms with Gasteiger partial charge >= 0.3 is 0 Å². The minimum atomic E-state index is -3.40. The molecule has 0 aromatic heterocycles. The van der Waals surface area contributed by atoms with Gasteiger partial charge in [-0.15, -0.1) is 0 Å². The lowest BCUT2D eigenvalue weighted by atomic mass is 10.0. The fourth-order valence-corrected chi connectivity index (χ4v) is 3.45. The third kappa shape index (κ3) is 5.80. The third-order valence-electron chi connectivity index (χ3n) is 4.33. The van der Waals surface area contributed by atoms with Gasteiger partial charge < -0.3 is 10.6 Å². The number of hydrogen-bond donors (Lipinski definition) is 2. The first kappa shape index (κ1) is 20.9. The maximum atomic E-state index is 12.1. The van der Waals surface area contributed by atoms with E-state index < -0.39 is 10.0 Å². The molecule has 0 heterocycles. The zero-order valence-electron chi connectivity index (χ0n) is 16.3. The fraction of sp³-hybridized carbons (Fsp3) is 0.350. The smallest absolute Gasteiger partial charge is 0.242 e. The molecule has 0 bridgehead atoms. The summed E-state index contributed by atoms with van der Waals surface area (Å²) in [6.45, 7) is 3.49. The molecule has 2 aromatic carbocycles. The van der Waals surface area contributed by atoms with Gasteiger partial charge in [0.25, 0.3) is 0 Å². The van der Waals surface area contributed by atoms with Gasteiger partial charge in [0.2, 0.25) is 10.0 Å². The predicted molar refractivity (Wildman–Crippen MR) is 110 cm³/mol. The number of guanidine groups is 1. The van der Waals surface area contributed by atoms with Crippen molar-refractivity contribution in [3.63, 3.8) is 0 Å². The lowest BCUT2D eigenvalue weighted by Crippen LogP contribution is -2.38. The van der Waals surface area contributed by atoms with Crippen molar-refractivity contribution < 1.29 is 8.42 Å². The Kier molecular flexibility index (Phi) is 7.38. The van der Waals surface area contributed by atoms with E-state index in [9.17, 15) is 8.42 Å². The van der Waals surface area contributed by atoms with Crippen LogP contribution in [0.5, 0.6) is 0 Å². The van der Waals surface area contributed by atoms with E-state index in [1.807, 2.05) is 30.3 Å². The fourth-order valence-electron chi connectivity index (χ4n) is 2.55. The maximum absolute atomic E-state index is 12.1. The minimum absolute atomic E-state index is 0.287. The summed E-state index contributed by atoms with van der Waals surface area (Å²) in [6.07, 6.45) is 0. The highest BCUT2D eigenvalue weighted by Crippen LogP contribution is 2.14. The number of benzene rings is 2. The van der Waals surface area contributed by atoms with Crippen LogP contribution in [0.4, 0.5) is 0 Å². The van der Waals surface area contributed by atoms with Crippen molar-refractivity contribution in [2.75, 3.05) is 27.7 Å². The molecule has 0 aliphatic rings. The van der Waals surface area contributed by atoms with Crippen LogP contribution in [0, 0.1) is 0 Å². The molecule has 1 unspecified atom stereocenters. The number of rotatable bonds is 7. The topological polar surface area (TPSA) is 73.8 Å². The van der Waals surface area contributed by atoms with E-state index in [-0.39, 0.29) is 4.90 Å². The molecule has 146 valence electrons. The Morgan fingerprint density at radius 1 is 1.04 bits per heavy atom. The van der Waals surface area contributed by atoms with E-state index in [4.69, 9.17) is 0 Å². The van der Waals surface area contributed by atoms with Crippen LogP contribution in [-0.2, 0) is 16.6 Å². The standard InChI is InChI=1S/C20H28N4O2S/c1-16(18-8-6-5-7-9-18)14-22-20(21-2)23-15-17-10-12-19(13-11-17)27(25,26)24(3)4/h5-13,16H,14-15H2,1-4H3,(H2,21,22,23). The molecule has 7 heteroatoms. The molecule has 6 nitrogen and oxygen atoms in total. The molecule has 0 aliphatic heterocycles. The van der Waals surface area contributed by atoms with E-state index in [1.165, 1.54) is 24.0 Å². The van der Waals surface area contributed by atoms with Gasteiger partial charge in [-0.3, -0.25) is 4.99 Å². The highest BCUT2D eigenvalue weighted by Gasteiger charge is 2.16. The van der Waals surface area contributed by atoms with Crippen molar-refractivity contribution in [3.8, 4) is 0 Å². The number of nitrogens with zero attached hydrogens (tertiary/aromatic N) is 2. The summed E-state index contributed by atoms with van der Waals surface area (Å²) >= 11 is 0. The molecule has 2 aromatic rings. The summed E-state index contributed by atoms with van der Waals surface area (Å²) in [7, 11) is 1.38. The van der Waals surface area contributed by atoms with Crippen LogP contribution in [0.15, 0.2) is 64.5 Å². The summed E-state index contributed by atoms with van der Waals surface area (Å²) in [5.41, 5.74) is 2.25. The summed E-state index contributed by atoms with van der Waals surface area (Å²) in [5.74, 6) is 1.07. The average molecular weight is 389 g/mol. The molecular weight excluding hydrogens is 360 g/mol. The van der Waals surface area contributed by atoms with Gasteiger partial charge in [0.05, 0.1) is 4.90 Å². The second kappa shape index (κ2) is 9.53. The lowest BCUT2D eigenvalue weighted by molar-refractivity contribution is 0.520. The zero-order valence-corrected chi connectivity index (χ0v) is 17.1. The normalized spacial score (nSPS) is 13.4. The van der Waals surface area contributed by atoms with Gasteiger partial charge in [0, 0.05) is 34.2 Å². The zero-order chi connectivity index (χ0) is 19.9. The van der Waals surface area contributed by atoms with Crippen LogP contribution in [0.3, 0.4) is 0 Å². The number of sulfonamides is 1. The Morgan fingerprint density at radius 2 is 1.67 bits per heavy atom. The van der Waals surface area contributed by atoms with Crippen molar-refractivity contribution in [1.82, 2.24) is 14.9 Å². The number of nitrogens with one attached hydrogen (secondary N) is 2. The second-order valence-corrected chi connectivity index (χ2v) is 8.70. The molecule has 0 saturated carbocycles. The summed E-state index contributed by atoms with van der Waals surface area (Å²) in [4.78, 5) is 4.53. The van der Waals surface area contributed by atoms with Gasteiger partial charge in [0.1, 0.15) is 0 Å². The van der Waals surface area contributed by atoms with E-state index in [0.717, 1.165) is 12.1 Å². The van der Waals surface area contributed by atoms with E-state index >= 15 is 0 Å². The van der Waals surface area contributed by atoms with Gasteiger partial charge in [-0.2, -0.15) is 0 Å². The highest BCUT2D eigenvalue weighted by atomic mass is 32.2. The maximum Gasteiger partial charge on any atom is 0.242 e. The van der Waals surface area contributed by atoms with E-state index in [0.29, 0.717) is 18.4 Å². The summed E-state index contributed by atoms with van der Waals surface area (Å²) in [6, 6.07) is 17.2. The van der Waals surface area contributed by atoms with Crippen molar-refractivity contribution in [3.05, 3.63) is 65.7 Å². The molecule has 27 heavy (non-hydrogen) atoms.